The van der Waals surface area contributed by atoms with Crippen LogP contribution in [0.3, 0.4) is 0 Å². The van der Waals surface area contributed by atoms with Gasteiger partial charge in [0.25, 0.3) is 5.91 Å². The summed E-state index contributed by atoms with van der Waals surface area (Å²) in [5.41, 5.74) is 2.27. The number of benzene rings is 1. The Hall–Kier alpha value is -2.41. The van der Waals surface area contributed by atoms with Gasteiger partial charge in [0, 0.05) is 24.7 Å². The largest absolute Gasteiger partial charge is 0.372 e. The van der Waals surface area contributed by atoms with Crippen molar-refractivity contribution in [3.05, 3.63) is 35.4 Å². The van der Waals surface area contributed by atoms with Crippen LogP contribution in [0, 0.1) is 11.3 Å². The topological polar surface area (TPSA) is 72.1 Å². The highest BCUT2D eigenvalue weighted by atomic mass is 32.2. The van der Waals surface area contributed by atoms with Gasteiger partial charge in [-0.25, -0.2) is 0 Å². The predicted molar refractivity (Wildman–Crippen MR) is 110 cm³/mol. The normalized spacial score (nSPS) is 18.3. The summed E-state index contributed by atoms with van der Waals surface area (Å²) in [7, 11) is 0. The maximum absolute atomic E-state index is 12.4. The van der Waals surface area contributed by atoms with Crippen LogP contribution in [0.4, 0.5) is 5.69 Å². The molecule has 1 N–H and O–H groups in total. The molecule has 0 aromatic heterocycles. The summed E-state index contributed by atoms with van der Waals surface area (Å²) in [6.45, 7) is 10.2. The second kappa shape index (κ2) is 7.45. The van der Waals surface area contributed by atoms with Crippen molar-refractivity contribution in [3.63, 3.8) is 0 Å². The van der Waals surface area contributed by atoms with Gasteiger partial charge in [0.15, 0.2) is 5.84 Å². The summed E-state index contributed by atoms with van der Waals surface area (Å²) in [4.78, 5) is 18.8. The van der Waals surface area contributed by atoms with Gasteiger partial charge in [0.2, 0.25) is 5.17 Å². The summed E-state index contributed by atoms with van der Waals surface area (Å²) >= 11 is 1.36. The van der Waals surface area contributed by atoms with Gasteiger partial charge in [-0.3, -0.25) is 10.2 Å². The van der Waals surface area contributed by atoms with Crippen molar-refractivity contribution < 1.29 is 4.79 Å². The number of amidine groups is 2. The molecule has 2 aliphatic heterocycles. The molecular weight excluding hydrogens is 346 g/mol. The van der Waals surface area contributed by atoms with Crippen LogP contribution in [0.2, 0.25) is 0 Å². The lowest BCUT2D eigenvalue weighted by Gasteiger charge is -2.21. The Kier molecular flexibility index (Phi) is 5.27. The number of nitrogens with one attached hydrogen (secondary N) is 1. The van der Waals surface area contributed by atoms with E-state index in [0.717, 1.165) is 29.4 Å². The second-order valence-corrected chi connectivity index (χ2v) is 7.36. The molecule has 7 heteroatoms. The molecule has 0 aliphatic carbocycles. The number of rotatable bonds is 5. The van der Waals surface area contributed by atoms with Gasteiger partial charge in [0.1, 0.15) is 5.04 Å². The fourth-order valence-corrected chi connectivity index (χ4v) is 3.67. The summed E-state index contributed by atoms with van der Waals surface area (Å²) in [5.74, 6) is -0.0750. The van der Waals surface area contributed by atoms with E-state index in [0.29, 0.717) is 5.17 Å². The van der Waals surface area contributed by atoms with Crippen molar-refractivity contribution in [1.29, 1.82) is 5.41 Å². The Balaban J connectivity index is 1.88. The van der Waals surface area contributed by atoms with E-state index in [1.807, 2.05) is 38.1 Å². The lowest BCUT2D eigenvalue weighted by molar-refractivity contribution is -0.114. The van der Waals surface area contributed by atoms with Gasteiger partial charge in [0.05, 0.1) is 5.57 Å². The number of thioether (sulfide) groups is 1. The molecule has 0 radical (unpaired) electrons. The van der Waals surface area contributed by atoms with Crippen molar-refractivity contribution in [2.45, 2.75) is 27.7 Å². The number of hydrogen-bond acceptors (Lipinski definition) is 5. The first-order valence-corrected chi connectivity index (χ1v) is 9.61. The molecular formula is C19H23N5OS. The van der Waals surface area contributed by atoms with Crippen molar-refractivity contribution in [1.82, 2.24) is 5.01 Å². The van der Waals surface area contributed by atoms with Crippen molar-refractivity contribution in [2.75, 3.05) is 18.0 Å². The monoisotopic (exact) mass is 369 g/mol. The van der Waals surface area contributed by atoms with E-state index in [4.69, 9.17) is 5.41 Å². The summed E-state index contributed by atoms with van der Waals surface area (Å²) < 4.78 is 0. The predicted octanol–water partition coefficient (Wildman–Crippen LogP) is 3.81. The van der Waals surface area contributed by atoms with E-state index >= 15 is 0 Å². The number of fused-ring (bicyclic) bond motifs is 1. The Morgan fingerprint density at radius 3 is 2.46 bits per heavy atom. The van der Waals surface area contributed by atoms with Gasteiger partial charge in [-0.2, -0.15) is 15.1 Å². The van der Waals surface area contributed by atoms with Gasteiger partial charge in [-0.05, 0) is 49.4 Å². The Bertz CT molecular complexity index is 819. The number of carbonyl (C=O) groups is 1. The zero-order valence-corrected chi connectivity index (χ0v) is 16.3. The zero-order valence-electron chi connectivity index (χ0n) is 15.5. The number of hydrogen-bond donors (Lipinski definition) is 1. The van der Waals surface area contributed by atoms with Crippen LogP contribution in [-0.4, -0.2) is 40.1 Å². The first-order chi connectivity index (χ1) is 12.4. The average Bonchev–Trinajstić information content (AvgIpc) is 3.05. The lowest BCUT2D eigenvalue weighted by atomic mass is 10.1. The van der Waals surface area contributed by atoms with Gasteiger partial charge >= 0.3 is 0 Å². The van der Waals surface area contributed by atoms with Crippen LogP contribution in [0.25, 0.3) is 6.08 Å². The highest BCUT2D eigenvalue weighted by Gasteiger charge is 2.36. The van der Waals surface area contributed by atoms with Crippen molar-refractivity contribution in [2.24, 2.45) is 16.0 Å². The van der Waals surface area contributed by atoms with E-state index in [-0.39, 0.29) is 23.2 Å². The zero-order chi connectivity index (χ0) is 18.8. The molecule has 26 heavy (non-hydrogen) atoms. The molecule has 0 bridgehead atoms. The van der Waals surface area contributed by atoms with E-state index in [1.54, 1.807) is 6.08 Å². The molecule has 0 saturated heterocycles. The minimum atomic E-state index is -0.387. The molecule has 0 atom stereocenters. The van der Waals surface area contributed by atoms with Crippen LogP contribution in [0.1, 0.15) is 33.3 Å². The maximum Gasteiger partial charge on any atom is 0.283 e. The smallest absolute Gasteiger partial charge is 0.283 e. The number of amides is 1. The molecule has 136 valence electrons. The van der Waals surface area contributed by atoms with Crippen LogP contribution in [-0.2, 0) is 4.79 Å². The van der Waals surface area contributed by atoms with Gasteiger partial charge in [-0.15, -0.1) is 0 Å². The summed E-state index contributed by atoms with van der Waals surface area (Å²) in [6.07, 6.45) is 1.71. The number of hydrazone groups is 1. The minimum absolute atomic E-state index is 0.0796. The third kappa shape index (κ3) is 3.44. The molecule has 0 fully saturated rings. The number of aliphatic imine (C=N–C) groups is 1. The molecule has 3 rings (SSSR count). The molecule has 1 amide bonds. The average molecular weight is 369 g/mol. The maximum atomic E-state index is 12.4. The van der Waals surface area contributed by atoms with Crippen LogP contribution in [0.15, 0.2) is 39.9 Å². The molecule has 6 nitrogen and oxygen atoms in total. The standard InChI is InChI=1S/C19H23N5OS/c1-5-23(6-2)14-9-7-13(8-10-14)11-15-16(20)24-19(21-17(15)25)26-18(22-24)12(3)4/h7-12,20H,5-6H2,1-4H3. The second-order valence-electron chi connectivity index (χ2n) is 6.38. The van der Waals surface area contributed by atoms with Crippen molar-refractivity contribution >= 4 is 45.5 Å². The lowest BCUT2D eigenvalue weighted by Crippen LogP contribution is -2.35. The number of carbonyl (C=O) groups excluding carboxylic acids is 1. The molecule has 2 aliphatic rings. The van der Waals surface area contributed by atoms with Gasteiger partial charge < -0.3 is 4.90 Å². The molecule has 1 aromatic rings. The SMILES string of the molecule is CCN(CC)c1ccc(C=C2C(=N)N3N=C(C(C)C)SC3=NC2=O)cc1. The van der Waals surface area contributed by atoms with Crippen LogP contribution in [0.5, 0.6) is 0 Å². The van der Waals surface area contributed by atoms with E-state index in [9.17, 15) is 4.79 Å². The van der Waals surface area contributed by atoms with Crippen molar-refractivity contribution in [3.8, 4) is 0 Å². The molecule has 0 spiro atoms. The highest BCUT2D eigenvalue weighted by molar-refractivity contribution is 8.27. The first-order valence-electron chi connectivity index (χ1n) is 8.79. The minimum Gasteiger partial charge on any atom is -0.372 e. The quantitative estimate of drug-likeness (QED) is 0.801. The van der Waals surface area contributed by atoms with Crippen LogP contribution < -0.4 is 4.90 Å². The third-order valence-corrected chi connectivity index (χ3v) is 5.51. The molecule has 0 saturated carbocycles. The fraction of sp³-hybridized carbons (Fsp3) is 0.368. The molecule has 0 unspecified atom stereocenters. The Morgan fingerprint density at radius 2 is 1.88 bits per heavy atom. The Morgan fingerprint density at radius 1 is 1.23 bits per heavy atom. The Labute approximate surface area is 158 Å². The summed E-state index contributed by atoms with van der Waals surface area (Å²) in [6, 6.07) is 7.99. The summed E-state index contributed by atoms with van der Waals surface area (Å²) in [5, 5.41) is 15.6. The van der Waals surface area contributed by atoms with E-state index < -0.39 is 0 Å². The molecule has 2 heterocycles. The fourth-order valence-electron chi connectivity index (χ4n) is 2.78. The van der Waals surface area contributed by atoms with Crippen LogP contribution >= 0.6 is 11.8 Å². The molecule has 1 aromatic carbocycles. The third-order valence-electron chi connectivity index (χ3n) is 4.30. The first kappa shape index (κ1) is 18.4. The van der Waals surface area contributed by atoms with E-state index in [1.165, 1.54) is 16.8 Å². The number of anilines is 1. The van der Waals surface area contributed by atoms with E-state index in [2.05, 4.69) is 28.8 Å². The highest BCUT2D eigenvalue weighted by Crippen LogP contribution is 2.30. The number of nitrogens with zero attached hydrogens (tertiary/aromatic N) is 4. The van der Waals surface area contributed by atoms with Gasteiger partial charge in [-0.1, -0.05) is 26.0 Å².